The Morgan fingerprint density at radius 1 is 1.32 bits per heavy atom. The molecule has 0 unspecified atom stereocenters. The molecular formula is C16H26N2O3S. The summed E-state index contributed by atoms with van der Waals surface area (Å²) < 4.78 is 33.4. The molecule has 0 saturated carbocycles. The summed E-state index contributed by atoms with van der Waals surface area (Å²) in [7, 11) is -1.44. The van der Waals surface area contributed by atoms with Crippen LogP contribution in [0.15, 0.2) is 23.1 Å². The van der Waals surface area contributed by atoms with Crippen molar-refractivity contribution in [2.45, 2.75) is 31.6 Å². The van der Waals surface area contributed by atoms with Crippen LogP contribution in [-0.4, -0.2) is 46.6 Å². The molecular weight excluding hydrogens is 300 g/mol. The van der Waals surface area contributed by atoms with Gasteiger partial charge in [0.25, 0.3) is 0 Å². The largest absolute Gasteiger partial charge is 0.492 e. The van der Waals surface area contributed by atoms with Gasteiger partial charge in [-0.25, -0.2) is 13.1 Å². The second kappa shape index (κ2) is 7.44. The number of nitrogens with zero attached hydrogens (tertiary/aromatic N) is 1. The highest BCUT2D eigenvalue weighted by atomic mass is 32.2. The Morgan fingerprint density at radius 2 is 2.00 bits per heavy atom. The molecule has 0 atom stereocenters. The van der Waals surface area contributed by atoms with Crippen LogP contribution in [0, 0.1) is 12.8 Å². The summed E-state index contributed by atoms with van der Waals surface area (Å²) in [5.74, 6) is 0.829. The van der Waals surface area contributed by atoms with E-state index in [1.807, 2.05) is 19.9 Å². The highest BCUT2D eigenvalue weighted by molar-refractivity contribution is 7.89. The van der Waals surface area contributed by atoms with Crippen LogP contribution in [0.4, 0.5) is 0 Å². The van der Waals surface area contributed by atoms with E-state index in [9.17, 15) is 8.42 Å². The van der Waals surface area contributed by atoms with Crippen molar-refractivity contribution in [1.29, 1.82) is 0 Å². The number of benzene rings is 1. The number of aryl methyl sites for hydroxylation is 1. The van der Waals surface area contributed by atoms with Gasteiger partial charge in [-0.05, 0) is 70.4 Å². The van der Waals surface area contributed by atoms with E-state index in [2.05, 4.69) is 16.7 Å². The fraction of sp³-hybridized carbons (Fsp3) is 0.625. The molecule has 1 heterocycles. The van der Waals surface area contributed by atoms with Gasteiger partial charge in [0.05, 0.1) is 6.61 Å². The van der Waals surface area contributed by atoms with Crippen molar-refractivity contribution in [2.75, 3.05) is 33.3 Å². The average Bonchev–Trinajstić information content (AvgIpc) is 2.49. The smallest absolute Gasteiger partial charge is 0.244 e. The second-order valence-electron chi connectivity index (χ2n) is 5.98. The van der Waals surface area contributed by atoms with Crippen LogP contribution in [0.1, 0.15) is 25.3 Å². The van der Waals surface area contributed by atoms with E-state index >= 15 is 0 Å². The maximum atomic E-state index is 12.6. The molecule has 1 aromatic rings. The van der Waals surface area contributed by atoms with Gasteiger partial charge >= 0.3 is 0 Å². The molecule has 1 aliphatic heterocycles. The van der Waals surface area contributed by atoms with Crippen LogP contribution >= 0.6 is 0 Å². The molecule has 1 aromatic carbocycles. The molecule has 1 N–H and O–H groups in total. The van der Waals surface area contributed by atoms with E-state index < -0.39 is 10.0 Å². The maximum absolute atomic E-state index is 12.6. The van der Waals surface area contributed by atoms with Crippen molar-refractivity contribution in [3.8, 4) is 5.75 Å². The molecule has 1 saturated heterocycles. The predicted octanol–water partition coefficient (Wildman–Crippen LogP) is 2.01. The summed E-state index contributed by atoms with van der Waals surface area (Å²) >= 11 is 0. The third kappa shape index (κ3) is 4.44. The average molecular weight is 326 g/mol. The zero-order valence-electron chi connectivity index (χ0n) is 13.6. The topological polar surface area (TPSA) is 58.6 Å². The van der Waals surface area contributed by atoms with E-state index in [-0.39, 0.29) is 4.90 Å². The number of likely N-dealkylation sites (tertiary alicyclic amines) is 1. The summed E-state index contributed by atoms with van der Waals surface area (Å²) in [4.78, 5) is 2.51. The standard InChI is InChI=1S/C16H26N2O3S/c1-4-21-15-6-5-13(2)11-16(15)22(19,20)17-12-14-7-9-18(3)10-8-14/h5-6,11,14,17H,4,7-10,12H2,1-3H3. The Labute approximate surface area is 133 Å². The fourth-order valence-corrected chi connectivity index (χ4v) is 4.02. The van der Waals surface area contributed by atoms with Gasteiger partial charge in [-0.2, -0.15) is 0 Å². The van der Waals surface area contributed by atoms with E-state index in [4.69, 9.17) is 4.74 Å². The molecule has 124 valence electrons. The molecule has 1 fully saturated rings. The lowest BCUT2D eigenvalue weighted by Gasteiger charge is -2.29. The van der Waals surface area contributed by atoms with Crippen LogP contribution in [-0.2, 0) is 10.0 Å². The number of nitrogens with one attached hydrogen (secondary N) is 1. The first-order chi connectivity index (χ1) is 10.4. The van der Waals surface area contributed by atoms with Gasteiger partial charge < -0.3 is 9.64 Å². The second-order valence-corrected chi connectivity index (χ2v) is 7.72. The first-order valence-electron chi connectivity index (χ1n) is 7.84. The summed E-state index contributed by atoms with van der Waals surface area (Å²) in [6, 6.07) is 5.26. The van der Waals surface area contributed by atoms with Crippen LogP contribution in [0.25, 0.3) is 0 Å². The number of piperidine rings is 1. The van der Waals surface area contributed by atoms with Crippen molar-refractivity contribution < 1.29 is 13.2 Å². The predicted molar refractivity (Wildman–Crippen MR) is 87.8 cm³/mol. The summed E-state index contributed by atoms with van der Waals surface area (Å²) in [6.07, 6.45) is 2.07. The van der Waals surface area contributed by atoms with E-state index in [1.54, 1.807) is 12.1 Å². The molecule has 0 aliphatic carbocycles. The van der Waals surface area contributed by atoms with Gasteiger partial charge in [-0.1, -0.05) is 6.07 Å². The fourth-order valence-electron chi connectivity index (χ4n) is 2.67. The molecule has 22 heavy (non-hydrogen) atoms. The minimum Gasteiger partial charge on any atom is -0.492 e. The molecule has 5 nitrogen and oxygen atoms in total. The van der Waals surface area contributed by atoms with Crippen LogP contribution in [0.3, 0.4) is 0 Å². The van der Waals surface area contributed by atoms with Crippen LogP contribution in [0.2, 0.25) is 0 Å². The number of hydrogen-bond acceptors (Lipinski definition) is 4. The highest BCUT2D eigenvalue weighted by Crippen LogP contribution is 2.25. The molecule has 6 heteroatoms. The molecule has 0 spiro atoms. The third-order valence-corrected chi connectivity index (χ3v) is 5.53. The Bertz CT molecular complexity index is 593. The van der Waals surface area contributed by atoms with Gasteiger partial charge in [0.1, 0.15) is 10.6 Å². The normalized spacial score (nSPS) is 17.6. The molecule has 0 amide bonds. The lowest BCUT2D eigenvalue weighted by molar-refractivity contribution is 0.220. The van der Waals surface area contributed by atoms with Crippen molar-refractivity contribution >= 4 is 10.0 Å². The lowest BCUT2D eigenvalue weighted by Crippen LogP contribution is -2.37. The number of ether oxygens (including phenoxy) is 1. The Balaban J connectivity index is 2.08. The SMILES string of the molecule is CCOc1ccc(C)cc1S(=O)(=O)NCC1CCN(C)CC1. The molecule has 0 bridgehead atoms. The lowest BCUT2D eigenvalue weighted by atomic mass is 9.98. The first kappa shape index (κ1) is 17.2. The monoisotopic (exact) mass is 326 g/mol. The minimum absolute atomic E-state index is 0.238. The van der Waals surface area contributed by atoms with Crippen molar-refractivity contribution in [2.24, 2.45) is 5.92 Å². The van der Waals surface area contributed by atoms with Crippen LogP contribution in [0.5, 0.6) is 5.75 Å². The van der Waals surface area contributed by atoms with Crippen molar-refractivity contribution in [3.05, 3.63) is 23.8 Å². The van der Waals surface area contributed by atoms with Gasteiger partial charge in [0.15, 0.2) is 0 Å². The zero-order valence-corrected chi connectivity index (χ0v) is 14.4. The molecule has 2 rings (SSSR count). The quantitative estimate of drug-likeness (QED) is 0.869. The number of hydrogen-bond donors (Lipinski definition) is 1. The molecule has 1 aliphatic rings. The minimum atomic E-state index is -3.54. The highest BCUT2D eigenvalue weighted by Gasteiger charge is 2.23. The summed E-state index contributed by atoms with van der Waals surface area (Å²) in [6.45, 7) is 6.73. The summed E-state index contributed by atoms with van der Waals surface area (Å²) in [5.41, 5.74) is 0.906. The van der Waals surface area contributed by atoms with Gasteiger partial charge in [0.2, 0.25) is 10.0 Å². The number of rotatable bonds is 6. The first-order valence-corrected chi connectivity index (χ1v) is 9.32. The maximum Gasteiger partial charge on any atom is 0.244 e. The van der Waals surface area contributed by atoms with Crippen molar-refractivity contribution in [3.63, 3.8) is 0 Å². The zero-order chi connectivity index (χ0) is 16.2. The van der Waals surface area contributed by atoms with Gasteiger partial charge in [-0.3, -0.25) is 0 Å². The Hall–Kier alpha value is -1.11. The van der Waals surface area contributed by atoms with E-state index in [0.29, 0.717) is 24.8 Å². The van der Waals surface area contributed by atoms with Crippen LogP contribution < -0.4 is 9.46 Å². The Kier molecular flexibility index (Phi) is 5.83. The van der Waals surface area contributed by atoms with Gasteiger partial charge in [0, 0.05) is 6.54 Å². The molecule has 0 radical (unpaired) electrons. The molecule has 0 aromatic heterocycles. The van der Waals surface area contributed by atoms with Gasteiger partial charge in [-0.15, -0.1) is 0 Å². The van der Waals surface area contributed by atoms with E-state index in [0.717, 1.165) is 31.5 Å². The summed E-state index contributed by atoms with van der Waals surface area (Å²) in [5, 5.41) is 0. The third-order valence-electron chi connectivity index (χ3n) is 4.09. The van der Waals surface area contributed by atoms with E-state index in [1.165, 1.54) is 0 Å². The van der Waals surface area contributed by atoms with Crippen molar-refractivity contribution in [1.82, 2.24) is 9.62 Å². The Morgan fingerprint density at radius 3 is 2.64 bits per heavy atom. The number of sulfonamides is 1.